The highest BCUT2D eigenvalue weighted by Crippen LogP contribution is 2.32. The Labute approximate surface area is 177 Å². The Hall–Kier alpha value is -4.01. The second kappa shape index (κ2) is 7.67. The number of H-pyrrole nitrogens is 1. The number of carbonyl (C=O) groups is 1. The van der Waals surface area contributed by atoms with Gasteiger partial charge < -0.3 is 19.7 Å². The lowest BCUT2D eigenvalue weighted by Crippen LogP contribution is -2.41. The number of nitrogens with zero attached hydrogens (tertiary/aromatic N) is 4. The molecule has 5 rings (SSSR count). The second-order valence-corrected chi connectivity index (χ2v) is 7.43. The Bertz CT molecular complexity index is 1220. The van der Waals surface area contributed by atoms with E-state index in [2.05, 4.69) is 25.4 Å². The molecule has 2 amide bonds. The molecule has 1 atom stereocenters. The summed E-state index contributed by atoms with van der Waals surface area (Å²) in [5.74, 6) is 0.290. The number of carbonyl (C=O) groups excluding carboxylic acids is 1. The summed E-state index contributed by atoms with van der Waals surface area (Å²) in [5, 5.41) is 6.95. The zero-order valence-corrected chi connectivity index (χ0v) is 16.7. The molecule has 2 N–H and O–H groups in total. The number of anilines is 1. The average molecular weight is 418 g/mol. The van der Waals surface area contributed by atoms with Crippen LogP contribution in [0.3, 0.4) is 0 Å². The van der Waals surface area contributed by atoms with E-state index in [1.165, 1.54) is 12.1 Å². The normalized spacial score (nSPS) is 15.5. The summed E-state index contributed by atoms with van der Waals surface area (Å²) in [7, 11) is 0. The number of aromatic nitrogens is 4. The van der Waals surface area contributed by atoms with Crippen molar-refractivity contribution in [3.8, 4) is 11.4 Å². The van der Waals surface area contributed by atoms with Crippen molar-refractivity contribution in [1.82, 2.24) is 25.0 Å². The minimum atomic E-state index is -0.483. The highest BCUT2D eigenvalue weighted by atomic mass is 19.1. The molecule has 0 saturated heterocycles. The summed E-state index contributed by atoms with van der Waals surface area (Å²) >= 11 is 0. The molecule has 0 saturated carbocycles. The maximum absolute atomic E-state index is 13.2. The first-order valence-corrected chi connectivity index (χ1v) is 9.82. The molecule has 0 radical (unpaired) electrons. The van der Waals surface area contributed by atoms with E-state index in [0.29, 0.717) is 35.9 Å². The number of rotatable bonds is 3. The van der Waals surface area contributed by atoms with Crippen molar-refractivity contribution in [2.45, 2.75) is 25.9 Å². The quantitative estimate of drug-likeness (QED) is 0.518. The number of imidazole rings is 1. The van der Waals surface area contributed by atoms with E-state index < -0.39 is 6.04 Å². The number of hydrogen-bond acceptors (Lipinski definition) is 5. The third kappa shape index (κ3) is 3.77. The van der Waals surface area contributed by atoms with Gasteiger partial charge >= 0.3 is 6.03 Å². The van der Waals surface area contributed by atoms with Crippen LogP contribution in [0.15, 0.2) is 59.4 Å². The summed E-state index contributed by atoms with van der Waals surface area (Å²) in [6.45, 7) is 2.31. The first-order chi connectivity index (χ1) is 15.1. The molecule has 3 heterocycles. The van der Waals surface area contributed by atoms with Gasteiger partial charge in [0.25, 0.3) is 0 Å². The standard InChI is InChI=1S/C22H19FN6O2/c1-13-2-8-16(9-3-13)26-22(30)29-11-18-17(24-12-25-18)10-19(29)21-27-20(28-31-21)14-4-6-15(23)7-5-14/h2-9,12,19H,10-11H2,1H3,(H,24,25)(H,26,30)/t19-/m0/s1. The molecule has 0 aliphatic carbocycles. The Balaban J connectivity index is 1.44. The molecule has 4 aromatic rings. The van der Waals surface area contributed by atoms with E-state index in [9.17, 15) is 9.18 Å². The van der Waals surface area contributed by atoms with Crippen LogP contribution in [0.5, 0.6) is 0 Å². The van der Waals surface area contributed by atoms with Crippen LogP contribution in [0.2, 0.25) is 0 Å². The predicted octanol–water partition coefficient (Wildman–Crippen LogP) is 4.24. The molecule has 31 heavy (non-hydrogen) atoms. The topological polar surface area (TPSA) is 99.9 Å². The molecule has 0 fully saturated rings. The van der Waals surface area contributed by atoms with Crippen LogP contribution in [0.1, 0.15) is 28.9 Å². The van der Waals surface area contributed by atoms with Crippen LogP contribution in [-0.2, 0) is 13.0 Å². The van der Waals surface area contributed by atoms with Crippen molar-refractivity contribution < 1.29 is 13.7 Å². The van der Waals surface area contributed by atoms with E-state index in [0.717, 1.165) is 17.0 Å². The summed E-state index contributed by atoms with van der Waals surface area (Å²) in [5.41, 5.74) is 4.15. The van der Waals surface area contributed by atoms with Gasteiger partial charge in [0.15, 0.2) is 0 Å². The lowest BCUT2D eigenvalue weighted by atomic mass is 10.0. The number of aryl methyl sites for hydroxylation is 1. The number of amides is 2. The van der Waals surface area contributed by atoms with Crippen molar-refractivity contribution in [2.75, 3.05) is 5.32 Å². The van der Waals surface area contributed by atoms with E-state index >= 15 is 0 Å². The van der Waals surface area contributed by atoms with Gasteiger partial charge in [-0.1, -0.05) is 22.9 Å². The zero-order chi connectivity index (χ0) is 21.4. The fraction of sp³-hybridized carbons (Fsp3) is 0.182. The van der Waals surface area contributed by atoms with Crippen LogP contribution in [-0.4, -0.2) is 31.0 Å². The predicted molar refractivity (Wildman–Crippen MR) is 110 cm³/mol. The molecule has 2 aromatic heterocycles. The largest absolute Gasteiger partial charge is 0.347 e. The van der Waals surface area contributed by atoms with Gasteiger partial charge in [-0.2, -0.15) is 4.98 Å². The second-order valence-electron chi connectivity index (χ2n) is 7.43. The molecule has 1 aliphatic heterocycles. The van der Waals surface area contributed by atoms with E-state index in [-0.39, 0.29) is 11.8 Å². The Morgan fingerprint density at radius 3 is 2.74 bits per heavy atom. The average Bonchev–Trinajstić information content (AvgIpc) is 3.44. The molecular weight excluding hydrogens is 399 g/mol. The maximum atomic E-state index is 13.2. The monoisotopic (exact) mass is 418 g/mol. The molecule has 1 aliphatic rings. The Morgan fingerprint density at radius 2 is 1.97 bits per heavy atom. The molecule has 0 unspecified atom stereocenters. The fourth-order valence-electron chi connectivity index (χ4n) is 3.59. The molecule has 156 valence electrons. The van der Waals surface area contributed by atoms with Gasteiger partial charge in [0, 0.05) is 17.7 Å². The van der Waals surface area contributed by atoms with Gasteiger partial charge in [0.1, 0.15) is 11.9 Å². The lowest BCUT2D eigenvalue weighted by molar-refractivity contribution is 0.155. The summed E-state index contributed by atoms with van der Waals surface area (Å²) in [6, 6.07) is 12.6. The fourth-order valence-corrected chi connectivity index (χ4v) is 3.59. The van der Waals surface area contributed by atoms with Gasteiger partial charge in [-0.3, -0.25) is 0 Å². The van der Waals surface area contributed by atoms with E-state index in [1.807, 2.05) is 31.2 Å². The number of nitrogens with one attached hydrogen (secondary N) is 2. The van der Waals surface area contributed by atoms with Crippen molar-refractivity contribution in [3.05, 3.63) is 83.5 Å². The number of urea groups is 1. The van der Waals surface area contributed by atoms with E-state index in [1.54, 1.807) is 23.4 Å². The van der Waals surface area contributed by atoms with Crippen LogP contribution in [0, 0.1) is 12.7 Å². The van der Waals surface area contributed by atoms with Crippen LogP contribution >= 0.6 is 0 Å². The van der Waals surface area contributed by atoms with Gasteiger partial charge in [0.2, 0.25) is 11.7 Å². The number of fused-ring (bicyclic) bond motifs is 1. The van der Waals surface area contributed by atoms with Crippen LogP contribution in [0.4, 0.5) is 14.9 Å². The van der Waals surface area contributed by atoms with Crippen molar-refractivity contribution in [1.29, 1.82) is 0 Å². The summed E-state index contributed by atoms with van der Waals surface area (Å²) in [6.07, 6.45) is 2.05. The lowest BCUT2D eigenvalue weighted by Gasteiger charge is -2.32. The summed E-state index contributed by atoms with van der Waals surface area (Å²) < 4.78 is 18.7. The minimum absolute atomic E-state index is 0.282. The van der Waals surface area contributed by atoms with Crippen LogP contribution < -0.4 is 5.32 Å². The van der Waals surface area contributed by atoms with E-state index in [4.69, 9.17) is 4.52 Å². The number of benzene rings is 2. The molecule has 9 heteroatoms. The van der Waals surface area contributed by atoms with Gasteiger partial charge in [0.05, 0.1) is 24.3 Å². The minimum Gasteiger partial charge on any atom is -0.347 e. The zero-order valence-electron chi connectivity index (χ0n) is 16.7. The van der Waals surface area contributed by atoms with Gasteiger partial charge in [-0.15, -0.1) is 0 Å². The summed E-state index contributed by atoms with van der Waals surface area (Å²) in [4.78, 5) is 26.7. The maximum Gasteiger partial charge on any atom is 0.322 e. The van der Waals surface area contributed by atoms with Crippen molar-refractivity contribution in [2.24, 2.45) is 0 Å². The van der Waals surface area contributed by atoms with Gasteiger partial charge in [-0.25, -0.2) is 14.2 Å². The third-order valence-corrected chi connectivity index (χ3v) is 5.29. The Morgan fingerprint density at radius 1 is 1.19 bits per heavy atom. The molecule has 8 nitrogen and oxygen atoms in total. The number of halogens is 1. The molecular formula is C22H19FN6O2. The first kappa shape index (κ1) is 19.0. The first-order valence-electron chi connectivity index (χ1n) is 9.82. The van der Waals surface area contributed by atoms with Crippen molar-refractivity contribution in [3.63, 3.8) is 0 Å². The molecule has 2 aromatic carbocycles. The number of aromatic amines is 1. The SMILES string of the molecule is Cc1ccc(NC(=O)N2Cc3[nH]cnc3C[C@H]2c2nc(-c3ccc(F)cc3)no2)cc1. The van der Waals surface area contributed by atoms with Crippen molar-refractivity contribution >= 4 is 11.7 Å². The Kier molecular flexibility index (Phi) is 4.70. The number of hydrogen-bond donors (Lipinski definition) is 2. The van der Waals surface area contributed by atoms with Crippen LogP contribution in [0.25, 0.3) is 11.4 Å². The smallest absolute Gasteiger partial charge is 0.322 e. The molecule has 0 bridgehead atoms. The highest BCUT2D eigenvalue weighted by Gasteiger charge is 2.36. The molecule has 0 spiro atoms. The third-order valence-electron chi connectivity index (χ3n) is 5.29. The highest BCUT2D eigenvalue weighted by molar-refractivity contribution is 5.89. The van der Waals surface area contributed by atoms with Gasteiger partial charge in [-0.05, 0) is 43.3 Å².